The summed E-state index contributed by atoms with van der Waals surface area (Å²) in [5.74, 6) is -1.09. The number of azide groups is 2. The maximum absolute atomic E-state index is 13.9. The van der Waals surface area contributed by atoms with E-state index in [1.807, 2.05) is 158 Å². The number of esters is 1. The second-order valence-electron chi connectivity index (χ2n) is 17.3. The minimum atomic E-state index is -1.56. The zero-order valence-corrected chi connectivity index (χ0v) is 40.5. The molecule has 0 bridgehead atoms. The second-order valence-corrected chi connectivity index (χ2v) is 18.5. The van der Waals surface area contributed by atoms with Crippen molar-refractivity contribution in [2.24, 2.45) is 10.2 Å². The molecule has 0 unspecified atom stereocenters. The topological polar surface area (TPSA) is 215 Å². The molecule has 3 aliphatic rings. The highest BCUT2D eigenvalue weighted by atomic mass is 32.2. The number of nitrogens with zero attached hydrogens (tertiary/aromatic N) is 6. The summed E-state index contributed by atoms with van der Waals surface area (Å²) >= 11 is 1.17. The lowest BCUT2D eigenvalue weighted by Gasteiger charge is -2.48. The van der Waals surface area contributed by atoms with Crippen LogP contribution in [-0.4, -0.2) is 92.9 Å². The Labute approximate surface area is 425 Å². The number of fused-ring (bicyclic) bond motifs is 3. The fourth-order valence-electron chi connectivity index (χ4n) is 9.33. The third-order valence-electron chi connectivity index (χ3n) is 12.8. The molecule has 18 heteroatoms. The molecule has 2 heterocycles. The molecule has 73 heavy (non-hydrogen) atoms. The van der Waals surface area contributed by atoms with E-state index in [0.29, 0.717) is 0 Å². The van der Waals surface area contributed by atoms with Crippen molar-refractivity contribution >= 4 is 23.9 Å². The minimum absolute atomic E-state index is 0.00353. The van der Waals surface area contributed by atoms with Gasteiger partial charge in [-0.2, -0.15) is 0 Å². The van der Waals surface area contributed by atoms with Gasteiger partial charge in [0, 0.05) is 20.6 Å². The zero-order valence-electron chi connectivity index (χ0n) is 39.6. The van der Waals surface area contributed by atoms with Crippen LogP contribution in [0, 0.1) is 0 Å². The molecule has 0 saturated carbocycles. The van der Waals surface area contributed by atoms with Crippen molar-refractivity contribution in [1.82, 2.24) is 0 Å². The van der Waals surface area contributed by atoms with Gasteiger partial charge in [0.1, 0.15) is 49.2 Å². The van der Waals surface area contributed by atoms with Gasteiger partial charge in [0.05, 0.1) is 39.0 Å². The molecule has 17 nitrogen and oxygen atoms in total. The van der Waals surface area contributed by atoms with E-state index in [9.17, 15) is 20.7 Å². The average Bonchev–Trinajstić information content (AvgIpc) is 3.76. The second kappa shape index (κ2) is 25.0. The third-order valence-corrected chi connectivity index (χ3v) is 13.9. The van der Waals surface area contributed by atoms with E-state index in [1.54, 1.807) is 0 Å². The van der Waals surface area contributed by atoms with Gasteiger partial charge in [0.25, 0.3) is 0 Å². The lowest BCUT2D eigenvalue weighted by atomic mass is 9.94. The van der Waals surface area contributed by atoms with Gasteiger partial charge in [-0.15, -0.1) is 0 Å². The summed E-state index contributed by atoms with van der Waals surface area (Å²) < 4.78 is 57.7. The number of hydrogen-bond donors (Lipinski definition) is 0. The molecular formula is C55H52N6O11S. The number of benzene rings is 6. The summed E-state index contributed by atoms with van der Waals surface area (Å²) in [4.78, 5) is 34.6. The van der Waals surface area contributed by atoms with Crippen molar-refractivity contribution in [2.75, 3.05) is 20.3 Å². The monoisotopic (exact) mass is 1000 g/mol. The van der Waals surface area contributed by atoms with Gasteiger partial charge >= 0.3 is 12.1 Å². The SMILES string of the molecule is COC(=O)[C@H]1O[C@H](Sc2ccccc2)[C@H](N=[N+]=[N-])[C@@H](N=[N+]=[N-])[C@@H]1O[C@H]1O[C@H](COC(=O)OCC2c3ccccc3-c3ccccc32)[C@@H](OCc2ccccc2)[C@H](OCc2ccccc2)[C@H]1OCc1ccccc1. The van der Waals surface area contributed by atoms with Crippen LogP contribution >= 0.6 is 11.8 Å². The molecule has 0 spiro atoms. The Hall–Kier alpha value is -7.21. The average molecular weight is 1010 g/mol. The number of thioether (sulfide) groups is 1. The third kappa shape index (κ3) is 12.4. The summed E-state index contributed by atoms with van der Waals surface area (Å²) in [5.41, 5.74) is 25.6. The first kappa shape index (κ1) is 50.7. The van der Waals surface area contributed by atoms with E-state index in [2.05, 4.69) is 32.2 Å². The fraction of sp³-hybridized carbons (Fsp3) is 0.309. The van der Waals surface area contributed by atoms with E-state index in [-0.39, 0.29) is 32.3 Å². The molecule has 1 aliphatic carbocycles. The minimum Gasteiger partial charge on any atom is -0.467 e. The van der Waals surface area contributed by atoms with E-state index >= 15 is 0 Å². The van der Waals surface area contributed by atoms with Crippen LogP contribution in [0.1, 0.15) is 33.7 Å². The first-order valence-electron chi connectivity index (χ1n) is 23.7. The smallest absolute Gasteiger partial charge is 0.467 e. The number of carbonyl (C=O) groups is 2. The van der Waals surface area contributed by atoms with Crippen LogP contribution in [0.4, 0.5) is 4.79 Å². The Kier molecular flexibility index (Phi) is 17.3. The number of rotatable bonds is 20. The van der Waals surface area contributed by atoms with Crippen LogP contribution in [0.3, 0.4) is 0 Å². The molecule has 2 aliphatic heterocycles. The molecule has 6 aromatic carbocycles. The maximum Gasteiger partial charge on any atom is 0.508 e. The molecule has 0 amide bonds. The summed E-state index contributed by atoms with van der Waals surface area (Å²) in [6.45, 7) is -0.226. The Morgan fingerprint density at radius 3 is 1.59 bits per heavy atom. The molecule has 0 radical (unpaired) electrons. The lowest BCUT2D eigenvalue weighted by Crippen LogP contribution is -2.65. The molecule has 0 aromatic heterocycles. The number of ether oxygens (including phenoxy) is 9. The van der Waals surface area contributed by atoms with Crippen LogP contribution in [0.25, 0.3) is 32.0 Å². The molecule has 6 aromatic rings. The first-order valence-corrected chi connectivity index (χ1v) is 24.6. The summed E-state index contributed by atoms with van der Waals surface area (Å²) in [5, 5.41) is 8.14. The number of methoxy groups -OCH3 is 1. The largest absolute Gasteiger partial charge is 0.508 e. The Morgan fingerprint density at radius 1 is 0.562 bits per heavy atom. The summed E-state index contributed by atoms with van der Waals surface area (Å²) in [7, 11) is 1.19. The van der Waals surface area contributed by atoms with Crippen LogP contribution < -0.4 is 0 Å². The Morgan fingerprint density at radius 2 is 1.04 bits per heavy atom. The molecule has 0 N–H and O–H groups in total. The molecule has 2 saturated heterocycles. The van der Waals surface area contributed by atoms with Crippen molar-refractivity contribution in [3.8, 4) is 11.1 Å². The van der Waals surface area contributed by atoms with Gasteiger partial charge < -0.3 is 42.6 Å². The highest BCUT2D eigenvalue weighted by Gasteiger charge is 2.55. The van der Waals surface area contributed by atoms with Crippen molar-refractivity contribution in [3.63, 3.8) is 0 Å². The highest BCUT2D eigenvalue weighted by molar-refractivity contribution is 7.99. The number of hydrogen-bond acceptors (Lipinski definition) is 14. The fourth-order valence-corrected chi connectivity index (χ4v) is 10.4. The molecule has 9 rings (SSSR count). The van der Waals surface area contributed by atoms with Gasteiger partial charge in [0.15, 0.2) is 12.4 Å². The normalized spacial score (nSPS) is 24.2. The molecule has 10 atom stereocenters. The predicted molar refractivity (Wildman–Crippen MR) is 268 cm³/mol. The zero-order chi connectivity index (χ0) is 50.4. The van der Waals surface area contributed by atoms with Crippen LogP contribution in [0.2, 0.25) is 0 Å². The van der Waals surface area contributed by atoms with Crippen molar-refractivity contribution in [2.45, 2.75) is 91.1 Å². The first-order chi connectivity index (χ1) is 35.9. The molecule has 2 fully saturated rings. The van der Waals surface area contributed by atoms with Crippen molar-refractivity contribution in [1.29, 1.82) is 0 Å². The Balaban J connectivity index is 1.07. The summed E-state index contributed by atoms with van der Waals surface area (Å²) in [6, 6.07) is 51.0. The van der Waals surface area contributed by atoms with Crippen molar-refractivity contribution in [3.05, 3.63) is 219 Å². The van der Waals surface area contributed by atoms with Crippen molar-refractivity contribution < 1.29 is 52.2 Å². The van der Waals surface area contributed by atoms with E-state index in [0.717, 1.165) is 43.8 Å². The Bertz CT molecular complexity index is 2820. The number of carbonyl (C=O) groups excluding carboxylic acids is 2. The van der Waals surface area contributed by atoms with E-state index < -0.39 is 79.2 Å². The predicted octanol–water partition coefficient (Wildman–Crippen LogP) is 10.9. The summed E-state index contributed by atoms with van der Waals surface area (Å²) in [6.07, 6.45) is -9.91. The maximum atomic E-state index is 13.9. The van der Waals surface area contributed by atoms with E-state index in [4.69, 9.17) is 42.6 Å². The van der Waals surface area contributed by atoms with Gasteiger partial charge in [-0.05, 0) is 62.1 Å². The van der Waals surface area contributed by atoms with Crippen LogP contribution in [-0.2, 0) is 67.2 Å². The quantitative estimate of drug-likeness (QED) is 0.0302. The van der Waals surface area contributed by atoms with E-state index in [1.165, 1.54) is 18.9 Å². The molecular weight excluding hydrogens is 953 g/mol. The van der Waals surface area contributed by atoms with Gasteiger partial charge in [-0.1, -0.05) is 180 Å². The standard InChI is InChI=1S/C55H52N6O11S/c1-64-52(62)50-48(45(58-60-56)46(59-61-57)54(72-50)73-38-24-12-5-13-25-38)71-53-51(67-32-37-22-10-4-11-23-37)49(66-31-36-20-8-3-9-21-36)47(65-30-35-18-6-2-7-19-35)44(70-53)34-69-55(63)68-33-43-41-28-16-14-26-39(41)40-27-15-17-29-42(40)43/h2-29,43-51,53-54H,30-34H2,1H3/t44-,45-,46-,47-,48+,49+,50+,51-,53-,54-/m1/s1. The van der Waals surface area contributed by atoms with Gasteiger partial charge in [-0.3, -0.25) is 0 Å². The van der Waals surface area contributed by atoms with Gasteiger partial charge in [0.2, 0.25) is 0 Å². The van der Waals surface area contributed by atoms with Gasteiger partial charge in [-0.25, -0.2) is 9.59 Å². The highest BCUT2D eigenvalue weighted by Crippen LogP contribution is 2.45. The lowest BCUT2D eigenvalue weighted by molar-refractivity contribution is -0.343. The molecule has 374 valence electrons. The van der Waals surface area contributed by atoms with Crippen LogP contribution in [0.15, 0.2) is 185 Å². The van der Waals surface area contributed by atoms with Crippen LogP contribution in [0.5, 0.6) is 0 Å².